The van der Waals surface area contributed by atoms with Crippen LogP contribution in [0.15, 0.2) is 97.1 Å². The van der Waals surface area contributed by atoms with Crippen LogP contribution in [0.5, 0.6) is 0 Å². The van der Waals surface area contributed by atoms with Crippen LogP contribution in [0, 0.1) is 0 Å². The molecule has 0 heterocycles. The van der Waals surface area contributed by atoms with Gasteiger partial charge in [-0.1, -0.05) is 0 Å². The summed E-state index contributed by atoms with van der Waals surface area (Å²) >= 11 is -3.89. The summed E-state index contributed by atoms with van der Waals surface area (Å²) in [4.78, 5) is 0. The maximum absolute atomic E-state index is 3.89. The summed E-state index contributed by atoms with van der Waals surface area (Å²) in [7, 11) is 0. The van der Waals surface area contributed by atoms with Crippen molar-refractivity contribution >= 4 is 15.4 Å². The van der Waals surface area contributed by atoms with Gasteiger partial charge in [-0.2, -0.15) is 0 Å². The van der Waals surface area contributed by atoms with E-state index >= 15 is 0 Å². The summed E-state index contributed by atoms with van der Waals surface area (Å²) in [5.41, 5.74) is 14.6. The molecule has 1 heteroatoms. The van der Waals surface area contributed by atoms with Crippen molar-refractivity contribution in [3.63, 3.8) is 0 Å². The number of fused-ring (bicyclic) bond motifs is 2. The van der Waals surface area contributed by atoms with Crippen LogP contribution in [0.1, 0.15) is 102 Å². The third-order valence-electron chi connectivity index (χ3n) is 11.9. The van der Waals surface area contributed by atoms with Gasteiger partial charge in [-0.15, -0.1) is 0 Å². The summed E-state index contributed by atoms with van der Waals surface area (Å²) in [5, 5.41) is 0. The van der Waals surface area contributed by atoms with E-state index in [9.17, 15) is 0 Å². The molecule has 0 aromatic heterocycles. The molecule has 4 aromatic rings. The summed E-state index contributed by atoms with van der Waals surface area (Å²) in [6, 6.07) is 32.8. The molecule has 0 amide bonds. The molecular formula is C44H50Hf. The Kier molecular flexibility index (Phi) is 7.22. The molecule has 0 radical (unpaired) electrons. The van der Waals surface area contributed by atoms with Crippen LogP contribution in [0.2, 0.25) is 9.36 Å². The van der Waals surface area contributed by atoms with E-state index in [1.165, 1.54) is 63.8 Å². The minimum atomic E-state index is -3.89. The van der Waals surface area contributed by atoms with Gasteiger partial charge in [-0.05, 0) is 0 Å². The number of allylic oxidation sites excluding steroid dienone is 2. The van der Waals surface area contributed by atoms with E-state index in [1.807, 2.05) is 3.26 Å². The van der Waals surface area contributed by atoms with E-state index in [1.54, 1.807) is 11.1 Å². The fraction of sp³-hybridized carbons (Fsp3) is 0.341. The zero-order chi connectivity index (χ0) is 31.8. The van der Waals surface area contributed by atoms with Gasteiger partial charge in [0.2, 0.25) is 0 Å². The minimum absolute atomic E-state index is 0.130. The summed E-state index contributed by atoms with van der Waals surface area (Å²) in [5.74, 6) is 0. The van der Waals surface area contributed by atoms with Gasteiger partial charge in [0, 0.05) is 0 Å². The van der Waals surface area contributed by atoms with Gasteiger partial charge in [0.25, 0.3) is 0 Å². The second kappa shape index (κ2) is 10.6. The van der Waals surface area contributed by atoms with Crippen LogP contribution in [0.25, 0.3) is 34.4 Å². The Balaban J connectivity index is 1.36. The molecule has 0 bridgehead atoms. The Morgan fingerprint density at radius 3 is 1.36 bits per heavy atom. The molecule has 0 aliphatic heterocycles. The second-order valence-corrected chi connectivity index (χ2v) is 42.8. The topological polar surface area (TPSA) is 0 Å². The Labute approximate surface area is 272 Å². The van der Waals surface area contributed by atoms with Crippen molar-refractivity contribution in [3.8, 4) is 22.3 Å². The van der Waals surface area contributed by atoms with E-state index < -0.39 is 18.0 Å². The monoisotopic (exact) mass is 758 g/mol. The van der Waals surface area contributed by atoms with E-state index in [2.05, 4.69) is 160 Å². The maximum atomic E-state index is 2.82. The van der Waals surface area contributed by atoms with E-state index in [4.69, 9.17) is 0 Å². The van der Waals surface area contributed by atoms with Crippen molar-refractivity contribution < 1.29 is 18.0 Å². The molecule has 1 fully saturated rings. The molecule has 4 aromatic carbocycles. The van der Waals surface area contributed by atoms with Gasteiger partial charge in [0.1, 0.15) is 0 Å². The average molecular weight is 757 g/mol. The molecule has 45 heavy (non-hydrogen) atoms. The van der Waals surface area contributed by atoms with Crippen LogP contribution < -0.4 is 0 Å². The average Bonchev–Trinajstić information content (AvgIpc) is 3.61. The van der Waals surface area contributed by atoms with Crippen LogP contribution in [0.4, 0.5) is 0 Å². The zero-order valence-corrected chi connectivity index (χ0v) is 32.3. The number of rotatable bonds is 4. The van der Waals surface area contributed by atoms with E-state index in [0.717, 1.165) is 0 Å². The van der Waals surface area contributed by atoms with Gasteiger partial charge in [-0.3, -0.25) is 0 Å². The van der Waals surface area contributed by atoms with Gasteiger partial charge in [0.15, 0.2) is 0 Å². The molecule has 3 aliphatic carbocycles. The molecule has 2 atom stereocenters. The first-order chi connectivity index (χ1) is 21.3. The molecule has 3 aliphatic rings. The summed E-state index contributed by atoms with van der Waals surface area (Å²) < 4.78 is 8.62. The first-order valence-corrected chi connectivity index (χ1v) is 30.3. The van der Waals surface area contributed by atoms with E-state index in [0.29, 0.717) is 7.35 Å². The van der Waals surface area contributed by atoms with E-state index in [-0.39, 0.29) is 10.8 Å². The van der Waals surface area contributed by atoms with Crippen molar-refractivity contribution in [2.24, 2.45) is 0 Å². The first-order valence-electron chi connectivity index (χ1n) is 17.2. The molecule has 7 rings (SSSR count). The third kappa shape index (κ3) is 4.91. The fourth-order valence-electron chi connectivity index (χ4n) is 8.81. The first kappa shape index (κ1) is 30.7. The van der Waals surface area contributed by atoms with Gasteiger partial charge >= 0.3 is 274 Å². The van der Waals surface area contributed by atoms with Crippen molar-refractivity contribution in [1.29, 1.82) is 0 Å². The summed E-state index contributed by atoms with van der Waals surface area (Å²) in [6.07, 6.45) is 14.3. The number of hydrogen-bond donors (Lipinski definition) is 0. The molecule has 0 saturated heterocycles. The van der Waals surface area contributed by atoms with Crippen molar-refractivity contribution in [1.82, 2.24) is 0 Å². The molecular weight excluding hydrogens is 707 g/mol. The molecule has 0 nitrogen and oxygen atoms in total. The van der Waals surface area contributed by atoms with Gasteiger partial charge in [0.05, 0.1) is 0 Å². The Bertz CT molecular complexity index is 1820. The quantitative estimate of drug-likeness (QED) is 0.182. The molecule has 230 valence electrons. The number of benzene rings is 4. The fourth-order valence-corrected chi connectivity index (χ4v) is 33.9. The second-order valence-electron chi connectivity index (χ2n) is 17.0. The van der Waals surface area contributed by atoms with Crippen molar-refractivity contribution in [2.45, 2.75) is 88.3 Å². The standard InChI is InChI=1S/2C19H19.C4H6.2CH3.Hf/c2*1-19(2,3)16-10-4-9-15(13-16)18-12-6-8-14-7-5-11-17(14)18;1-2-4-3-1;;;/h2*4-13H,1-3H3;1-3H2;2*1H3;. The molecule has 0 N–H and O–H groups in total. The normalized spacial score (nSPS) is 19.4. The van der Waals surface area contributed by atoms with Crippen LogP contribution in [-0.2, 0) is 28.8 Å². The predicted molar refractivity (Wildman–Crippen MR) is 195 cm³/mol. The van der Waals surface area contributed by atoms with Crippen molar-refractivity contribution in [3.05, 3.63) is 130 Å². The van der Waals surface area contributed by atoms with Gasteiger partial charge < -0.3 is 0 Å². The third-order valence-corrected chi connectivity index (χ3v) is 39.1. The van der Waals surface area contributed by atoms with Crippen LogP contribution >= 0.6 is 0 Å². The molecule has 0 spiro atoms. The Morgan fingerprint density at radius 2 is 0.978 bits per heavy atom. The van der Waals surface area contributed by atoms with Gasteiger partial charge in [-0.25, -0.2) is 0 Å². The number of hydrogen-bond acceptors (Lipinski definition) is 0. The predicted octanol–water partition coefficient (Wildman–Crippen LogP) is 12.6. The van der Waals surface area contributed by atoms with Crippen LogP contribution in [0.3, 0.4) is 0 Å². The molecule has 1 saturated carbocycles. The Morgan fingerprint density at radius 1 is 0.556 bits per heavy atom. The Hall–Kier alpha value is -2.90. The SMILES string of the molecule is CC(C)(C)c1cccc(-c2cccc3c2C=C[CH]3[Hf]([CH3])([CH3])(=[C]2CCC2)[CH]2C=Cc3c(-c4cccc(C(C)(C)C)c4)cccc32)c1. The van der Waals surface area contributed by atoms with Crippen LogP contribution in [-0.4, -0.2) is 3.26 Å². The zero-order valence-electron chi connectivity index (χ0n) is 28.7. The summed E-state index contributed by atoms with van der Waals surface area (Å²) in [6.45, 7) is 13.9. The van der Waals surface area contributed by atoms with Crippen molar-refractivity contribution in [2.75, 3.05) is 0 Å². The molecule has 2 unspecified atom stereocenters.